The normalized spacial score (nSPS) is 10.1. The van der Waals surface area contributed by atoms with Crippen LogP contribution >= 0.6 is 0 Å². The highest BCUT2D eigenvalue weighted by molar-refractivity contribution is 5.85. The van der Waals surface area contributed by atoms with Crippen LogP contribution in [0.5, 0.6) is 5.75 Å². The Labute approximate surface area is 108 Å². The summed E-state index contributed by atoms with van der Waals surface area (Å²) in [4.78, 5) is 12.9. The van der Waals surface area contributed by atoms with Crippen molar-refractivity contribution in [3.63, 3.8) is 0 Å². The molecule has 1 amide bonds. The molecule has 0 bridgehead atoms. The molecule has 0 aliphatic rings. The summed E-state index contributed by atoms with van der Waals surface area (Å²) in [5, 5.41) is 13.2. The van der Waals surface area contributed by atoms with Crippen LogP contribution < -0.4 is 5.43 Å². The monoisotopic (exact) mass is 251 g/mol. The van der Waals surface area contributed by atoms with E-state index in [1.54, 1.807) is 43.3 Å². The molecule has 0 spiro atoms. The number of nitrogens with one attached hydrogen (secondary N) is 1. The smallest absolute Gasteiger partial charge is 0.254 e. The first kappa shape index (κ1) is 16.1. The summed E-state index contributed by atoms with van der Waals surface area (Å²) in [5.41, 5.74) is 2.93. The van der Waals surface area contributed by atoms with Gasteiger partial charge in [-0.15, -0.1) is 0 Å². The molecular formula is C13H21N3O2. The minimum absolute atomic E-state index is 0.133. The van der Waals surface area contributed by atoms with Crippen molar-refractivity contribution in [1.82, 2.24) is 10.3 Å². The number of phenolic OH excluding ortho intramolecular Hbond substituents is 1. The third-order valence-corrected chi connectivity index (χ3v) is 1.79. The maximum Gasteiger partial charge on any atom is 0.254 e. The molecule has 5 nitrogen and oxygen atoms in total. The quantitative estimate of drug-likeness (QED) is 0.628. The number of phenols is 1. The maximum absolute atomic E-state index is 11.2. The van der Waals surface area contributed by atoms with Crippen LogP contribution in [0, 0.1) is 0 Å². The van der Waals surface area contributed by atoms with E-state index in [1.807, 2.05) is 13.8 Å². The number of para-hydroxylation sites is 1. The molecule has 1 aromatic rings. The number of hydrogen-bond acceptors (Lipinski definition) is 4. The molecule has 0 aromatic heterocycles. The van der Waals surface area contributed by atoms with E-state index in [2.05, 4.69) is 10.5 Å². The number of benzene rings is 1. The van der Waals surface area contributed by atoms with Crippen LogP contribution in [-0.4, -0.2) is 42.8 Å². The van der Waals surface area contributed by atoms with Gasteiger partial charge in [-0.3, -0.25) is 4.79 Å². The van der Waals surface area contributed by atoms with Gasteiger partial charge in [-0.1, -0.05) is 26.0 Å². The van der Waals surface area contributed by atoms with Crippen molar-refractivity contribution < 1.29 is 9.90 Å². The standard InChI is InChI=1S/C11H15N3O2.C2H6/c1-14(2)8-11(16)13-12-7-9-5-3-4-6-10(9)15;1-2/h3-7,15H,8H2,1-2H3,(H,13,16);1-2H3/b12-7+;. The molecule has 2 N–H and O–H groups in total. The predicted molar refractivity (Wildman–Crippen MR) is 73.7 cm³/mol. The molecule has 0 heterocycles. The number of rotatable bonds is 4. The van der Waals surface area contributed by atoms with Crippen LogP contribution in [0.15, 0.2) is 29.4 Å². The van der Waals surface area contributed by atoms with Crippen LogP contribution in [0.3, 0.4) is 0 Å². The summed E-state index contributed by atoms with van der Waals surface area (Å²) in [6.07, 6.45) is 1.41. The van der Waals surface area contributed by atoms with E-state index in [1.165, 1.54) is 6.21 Å². The summed E-state index contributed by atoms with van der Waals surface area (Å²) in [7, 11) is 3.60. The number of carbonyl (C=O) groups excluding carboxylic acids is 1. The van der Waals surface area contributed by atoms with Crippen molar-refractivity contribution in [3.8, 4) is 5.75 Å². The van der Waals surface area contributed by atoms with Gasteiger partial charge in [-0.25, -0.2) is 5.43 Å². The predicted octanol–water partition coefficient (Wildman–Crippen LogP) is 1.43. The molecule has 0 radical (unpaired) electrons. The summed E-state index contributed by atoms with van der Waals surface area (Å²) < 4.78 is 0. The van der Waals surface area contributed by atoms with Gasteiger partial charge in [0.15, 0.2) is 0 Å². The van der Waals surface area contributed by atoms with E-state index in [-0.39, 0.29) is 18.2 Å². The Morgan fingerprint density at radius 3 is 2.56 bits per heavy atom. The van der Waals surface area contributed by atoms with Crippen molar-refractivity contribution >= 4 is 12.1 Å². The zero-order chi connectivity index (χ0) is 14.0. The van der Waals surface area contributed by atoms with Gasteiger partial charge in [0.05, 0.1) is 12.8 Å². The second kappa shape index (κ2) is 9.18. The van der Waals surface area contributed by atoms with E-state index < -0.39 is 0 Å². The Kier molecular flexibility index (Phi) is 8.22. The van der Waals surface area contributed by atoms with Crippen molar-refractivity contribution in [3.05, 3.63) is 29.8 Å². The summed E-state index contributed by atoms with van der Waals surface area (Å²) >= 11 is 0. The molecule has 1 rings (SSSR count). The number of carbonyl (C=O) groups is 1. The first-order valence-electron chi connectivity index (χ1n) is 5.84. The highest BCUT2D eigenvalue weighted by atomic mass is 16.3. The summed E-state index contributed by atoms with van der Waals surface area (Å²) in [6.45, 7) is 4.28. The highest BCUT2D eigenvalue weighted by Crippen LogP contribution is 2.12. The zero-order valence-corrected chi connectivity index (χ0v) is 11.3. The third-order valence-electron chi connectivity index (χ3n) is 1.79. The molecular weight excluding hydrogens is 230 g/mol. The average Bonchev–Trinajstić information content (AvgIpc) is 2.33. The highest BCUT2D eigenvalue weighted by Gasteiger charge is 2.00. The molecule has 5 heteroatoms. The molecule has 100 valence electrons. The van der Waals surface area contributed by atoms with Crippen LogP contribution in [-0.2, 0) is 4.79 Å². The van der Waals surface area contributed by atoms with Crippen LogP contribution in [0.2, 0.25) is 0 Å². The maximum atomic E-state index is 11.2. The van der Waals surface area contributed by atoms with Gasteiger partial charge in [-0.05, 0) is 26.2 Å². The summed E-state index contributed by atoms with van der Waals surface area (Å²) in [5.74, 6) is -0.0650. The lowest BCUT2D eigenvalue weighted by Crippen LogP contribution is -2.30. The number of aromatic hydroxyl groups is 1. The number of amides is 1. The van der Waals surface area contributed by atoms with Crippen molar-refractivity contribution in [1.29, 1.82) is 0 Å². The Morgan fingerprint density at radius 1 is 1.39 bits per heavy atom. The Morgan fingerprint density at radius 2 is 2.00 bits per heavy atom. The Hall–Kier alpha value is -1.88. The molecule has 0 fully saturated rings. The number of hydrogen-bond donors (Lipinski definition) is 2. The second-order valence-electron chi connectivity index (χ2n) is 3.59. The number of likely N-dealkylation sites (N-methyl/N-ethyl adjacent to an activating group) is 1. The minimum Gasteiger partial charge on any atom is -0.507 e. The number of nitrogens with zero attached hydrogens (tertiary/aromatic N) is 2. The van der Waals surface area contributed by atoms with Crippen molar-refractivity contribution in [2.24, 2.45) is 5.10 Å². The lowest BCUT2D eigenvalue weighted by atomic mass is 10.2. The zero-order valence-electron chi connectivity index (χ0n) is 11.3. The lowest BCUT2D eigenvalue weighted by Gasteiger charge is -2.06. The third kappa shape index (κ3) is 6.65. The SMILES string of the molecule is CC.CN(C)CC(=O)N/N=C/c1ccccc1O. The Balaban J connectivity index is 0.00000137. The van der Waals surface area contributed by atoms with Gasteiger partial charge < -0.3 is 10.0 Å². The molecule has 0 aliphatic heterocycles. The average molecular weight is 251 g/mol. The van der Waals surface area contributed by atoms with Crippen LogP contribution in [0.1, 0.15) is 19.4 Å². The van der Waals surface area contributed by atoms with E-state index in [0.717, 1.165) is 0 Å². The minimum atomic E-state index is -0.198. The Bertz CT molecular complexity index is 390. The molecule has 1 aromatic carbocycles. The molecule has 0 saturated carbocycles. The van der Waals surface area contributed by atoms with Crippen LogP contribution in [0.25, 0.3) is 0 Å². The van der Waals surface area contributed by atoms with Gasteiger partial charge in [0.1, 0.15) is 5.75 Å². The van der Waals surface area contributed by atoms with Gasteiger partial charge in [0.2, 0.25) is 0 Å². The largest absolute Gasteiger partial charge is 0.507 e. The number of hydrazone groups is 1. The van der Waals surface area contributed by atoms with E-state index in [0.29, 0.717) is 5.56 Å². The first-order chi connectivity index (χ1) is 8.59. The molecule has 0 saturated heterocycles. The van der Waals surface area contributed by atoms with E-state index in [9.17, 15) is 9.90 Å². The van der Waals surface area contributed by atoms with Gasteiger partial charge in [0.25, 0.3) is 5.91 Å². The van der Waals surface area contributed by atoms with Gasteiger partial charge in [-0.2, -0.15) is 5.10 Å². The fourth-order valence-corrected chi connectivity index (χ4v) is 1.09. The van der Waals surface area contributed by atoms with Gasteiger partial charge >= 0.3 is 0 Å². The molecule has 0 atom stereocenters. The van der Waals surface area contributed by atoms with Crippen LogP contribution in [0.4, 0.5) is 0 Å². The molecule has 0 aliphatic carbocycles. The second-order valence-corrected chi connectivity index (χ2v) is 3.59. The fraction of sp³-hybridized carbons (Fsp3) is 0.385. The lowest BCUT2D eigenvalue weighted by molar-refractivity contribution is -0.121. The fourth-order valence-electron chi connectivity index (χ4n) is 1.09. The summed E-state index contributed by atoms with van der Waals surface area (Å²) in [6, 6.07) is 6.76. The van der Waals surface area contributed by atoms with E-state index in [4.69, 9.17) is 0 Å². The molecule has 0 unspecified atom stereocenters. The topological polar surface area (TPSA) is 64.9 Å². The van der Waals surface area contributed by atoms with Gasteiger partial charge in [0, 0.05) is 5.56 Å². The first-order valence-corrected chi connectivity index (χ1v) is 5.84. The van der Waals surface area contributed by atoms with Crippen molar-refractivity contribution in [2.45, 2.75) is 13.8 Å². The molecule has 18 heavy (non-hydrogen) atoms. The van der Waals surface area contributed by atoms with Crippen molar-refractivity contribution in [2.75, 3.05) is 20.6 Å². The van der Waals surface area contributed by atoms with E-state index >= 15 is 0 Å².